The van der Waals surface area contributed by atoms with Crippen molar-refractivity contribution in [3.05, 3.63) is 46.5 Å². The van der Waals surface area contributed by atoms with Crippen molar-refractivity contribution in [3.63, 3.8) is 0 Å². The first kappa shape index (κ1) is 16.7. The van der Waals surface area contributed by atoms with E-state index in [-0.39, 0.29) is 12.6 Å². The van der Waals surface area contributed by atoms with Crippen LogP contribution in [0.2, 0.25) is 0 Å². The molecule has 0 bridgehead atoms. The van der Waals surface area contributed by atoms with Crippen molar-refractivity contribution in [2.24, 2.45) is 0 Å². The molecule has 0 aliphatic carbocycles. The second-order valence-electron chi connectivity index (χ2n) is 5.79. The maximum absolute atomic E-state index is 12.0. The molecule has 2 aromatic rings. The van der Waals surface area contributed by atoms with E-state index in [9.17, 15) is 9.59 Å². The molecule has 24 heavy (non-hydrogen) atoms. The number of nitrogens with one attached hydrogen (secondary N) is 2. The maximum Gasteiger partial charge on any atom is 0.309 e. The molecule has 3 heterocycles. The number of furan rings is 1. The molecule has 7 heteroatoms. The highest BCUT2D eigenvalue weighted by Crippen LogP contribution is 2.26. The molecule has 0 aromatic carbocycles. The van der Waals surface area contributed by atoms with Gasteiger partial charge in [0.1, 0.15) is 5.76 Å². The highest BCUT2D eigenvalue weighted by atomic mass is 32.1. The Bertz CT molecular complexity index is 649. The van der Waals surface area contributed by atoms with Crippen LogP contribution in [0, 0.1) is 0 Å². The third-order valence-corrected chi connectivity index (χ3v) is 4.88. The molecular weight excluding hydrogens is 326 g/mol. The average Bonchev–Trinajstić information content (AvgIpc) is 3.35. The minimum absolute atomic E-state index is 0.126. The molecule has 0 spiro atoms. The van der Waals surface area contributed by atoms with Gasteiger partial charge in [0.2, 0.25) is 0 Å². The van der Waals surface area contributed by atoms with Crippen LogP contribution in [0.3, 0.4) is 0 Å². The number of rotatable bonds is 6. The molecule has 1 aliphatic rings. The molecule has 128 valence electrons. The molecule has 3 rings (SSSR count). The van der Waals surface area contributed by atoms with Crippen molar-refractivity contribution < 1.29 is 14.0 Å². The lowest BCUT2D eigenvalue weighted by Gasteiger charge is -2.27. The van der Waals surface area contributed by atoms with Crippen molar-refractivity contribution in [3.8, 4) is 0 Å². The lowest BCUT2D eigenvalue weighted by Crippen LogP contribution is -2.43. The van der Waals surface area contributed by atoms with E-state index in [2.05, 4.69) is 27.0 Å². The summed E-state index contributed by atoms with van der Waals surface area (Å²) in [7, 11) is 0. The Morgan fingerprint density at radius 3 is 2.67 bits per heavy atom. The molecule has 1 fully saturated rings. The standard InChI is InChI=1S/C17H21N3O3S/c21-16(18-10-14-4-3-8-23-14)17(22)19-11-15(13-5-9-24-12-13)20-6-1-2-7-20/h3-5,8-9,12,15H,1-2,6-7,10-11H2,(H,18,21)(H,19,22). The van der Waals surface area contributed by atoms with Crippen LogP contribution >= 0.6 is 11.3 Å². The zero-order valence-corrected chi connectivity index (χ0v) is 14.2. The van der Waals surface area contributed by atoms with Gasteiger partial charge in [-0.05, 0) is 60.5 Å². The van der Waals surface area contributed by atoms with E-state index in [0.29, 0.717) is 12.3 Å². The predicted octanol–water partition coefficient (Wildman–Crippen LogP) is 1.91. The van der Waals surface area contributed by atoms with Crippen LogP contribution in [0.1, 0.15) is 30.2 Å². The van der Waals surface area contributed by atoms with Crippen LogP contribution in [0.15, 0.2) is 39.6 Å². The molecule has 6 nitrogen and oxygen atoms in total. The van der Waals surface area contributed by atoms with Crippen LogP contribution < -0.4 is 10.6 Å². The second-order valence-corrected chi connectivity index (χ2v) is 6.57. The maximum atomic E-state index is 12.0. The Hall–Kier alpha value is -2.12. The molecule has 0 radical (unpaired) electrons. The van der Waals surface area contributed by atoms with Gasteiger partial charge in [0.05, 0.1) is 18.8 Å². The summed E-state index contributed by atoms with van der Waals surface area (Å²) in [5.74, 6) is -0.637. The lowest BCUT2D eigenvalue weighted by atomic mass is 10.1. The summed E-state index contributed by atoms with van der Waals surface area (Å²) >= 11 is 1.64. The number of hydrogen-bond donors (Lipinski definition) is 2. The van der Waals surface area contributed by atoms with Gasteiger partial charge in [-0.1, -0.05) is 0 Å². The van der Waals surface area contributed by atoms with Crippen molar-refractivity contribution in [1.29, 1.82) is 0 Å². The third-order valence-electron chi connectivity index (χ3n) is 4.17. The average molecular weight is 347 g/mol. The molecule has 1 aliphatic heterocycles. The summed E-state index contributed by atoms with van der Waals surface area (Å²) in [5, 5.41) is 9.46. The third kappa shape index (κ3) is 4.24. The van der Waals surface area contributed by atoms with Gasteiger partial charge in [0.15, 0.2) is 0 Å². The monoisotopic (exact) mass is 347 g/mol. The molecule has 1 unspecified atom stereocenters. The summed E-state index contributed by atoms with van der Waals surface area (Å²) in [5.41, 5.74) is 1.19. The van der Waals surface area contributed by atoms with E-state index < -0.39 is 11.8 Å². The van der Waals surface area contributed by atoms with E-state index >= 15 is 0 Å². The van der Waals surface area contributed by atoms with Gasteiger partial charge in [0, 0.05) is 6.54 Å². The summed E-state index contributed by atoms with van der Waals surface area (Å²) in [4.78, 5) is 26.3. The van der Waals surface area contributed by atoms with Crippen LogP contribution in [-0.2, 0) is 16.1 Å². The number of nitrogens with zero attached hydrogens (tertiary/aromatic N) is 1. The largest absolute Gasteiger partial charge is 0.467 e. The fraction of sp³-hybridized carbons (Fsp3) is 0.412. The van der Waals surface area contributed by atoms with E-state index in [4.69, 9.17) is 4.42 Å². The fourth-order valence-electron chi connectivity index (χ4n) is 2.91. The number of carbonyl (C=O) groups is 2. The summed E-state index contributed by atoms with van der Waals surface area (Å²) in [6.45, 7) is 2.70. The first-order valence-electron chi connectivity index (χ1n) is 8.08. The molecule has 2 aromatic heterocycles. The van der Waals surface area contributed by atoms with E-state index in [1.165, 1.54) is 24.7 Å². The number of likely N-dealkylation sites (tertiary alicyclic amines) is 1. The topological polar surface area (TPSA) is 74.6 Å². The SMILES string of the molecule is O=C(NCc1ccco1)C(=O)NCC(c1ccsc1)N1CCCC1. The van der Waals surface area contributed by atoms with E-state index in [1.54, 1.807) is 23.5 Å². The van der Waals surface area contributed by atoms with Crippen LogP contribution in [-0.4, -0.2) is 36.3 Å². The zero-order chi connectivity index (χ0) is 16.8. The second kappa shape index (κ2) is 8.12. The number of amides is 2. The smallest absolute Gasteiger partial charge is 0.309 e. The minimum atomic E-state index is -0.642. The van der Waals surface area contributed by atoms with Crippen LogP contribution in [0.5, 0.6) is 0 Å². The molecule has 0 saturated carbocycles. The summed E-state index contributed by atoms with van der Waals surface area (Å²) in [6.07, 6.45) is 3.89. The van der Waals surface area contributed by atoms with Gasteiger partial charge in [0.25, 0.3) is 0 Å². The first-order valence-corrected chi connectivity index (χ1v) is 9.03. The van der Waals surface area contributed by atoms with Gasteiger partial charge >= 0.3 is 11.8 Å². The van der Waals surface area contributed by atoms with Gasteiger partial charge < -0.3 is 15.1 Å². The highest BCUT2D eigenvalue weighted by molar-refractivity contribution is 7.07. The number of hydrogen-bond acceptors (Lipinski definition) is 5. The summed E-state index contributed by atoms with van der Waals surface area (Å²) in [6, 6.07) is 5.69. The van der Waals surface area contributed by atoms with Crippen molar-refractivity contribution in [1.82, 2.24) is 15.5 Å². The Morgan fingerprint density at radius 1 is 1.21 bits per heavy atom. The van der Waals surface area contributed by atoms with Crippen molar-refractivity contribution in [2.75, 3.05) is 19.6 Å². The molecule has 2 amide bonds. The Morgan fingerprint density at radius 2 is 2.00 bits per heavy atom. The lowest BCUT2D eigenvalue weighted by molar-refractivity contribution is -0.139. The van der Waals surface area contributed by atoms with Gasteiger partial charge in [-0.25, -0.2) is 0 Å². The predicted molar refractivity (Wildman–Crippen MR) is 91.4 cm³/mol. The highest BCUT2D eigenvalue weighted by Gasteiger charge is 2.25. The van der Waals surface area contributed by atoms with Crippen molar-refractivity contribution >= 4 is 23.2 Å². The summed E-state index contributed by atoms with van der Waals surface area (Å²) < 4.78 is 5.13. The number of thiophene rings is 1. The quantitative estimate of drug-likeness (QED) is 0.783. The fourth-order valence-corrected chi connectivity index (χ4v) is 3.61. The first-order chi connectivity index (χ1) is 11.7. The Labute approximate surface area is 144 Å². The Balaban J connectivity index is 1.51. The van der Waals surface area contributed by atoms with Gasteiger partial charge in [-0.15, -0.1) is 0 Å². The van der Waals surface area contributed by atoms with Crippen LogP contribution in [0.4, 0.5) is 0 Å². The van der Waals surface area contributed by atoms with Crippen LogP contribution in [0.25, 0.3) is 0 Å². The van der Waals surface area contributed by atoms with E-state index in [0.717, 1.165) is 13.1 Å². The van der Waals surface area contributed by atoms with E-state index in [1.807, 2.05) is 5.38 Å². The molecule has 2 N–H and O–H groups in total. The number of carbonyl (C=O) groups excluding carboxylic acids is 2. The zero-order valence-electron chi connectivity index (χ0n) is 13.4. The normalized spacial score (nSPS) is 16.0. The van der Waals surface area contributed by atoms with Gasteiger partial charge in [-0.3, -0.25) is 14.5 Å². The Kier molecular flexibility index (Phi) is 5.66. The van der Waals surface area contributed by atoms with Gasteiger partial charge in [-0.2, -0.15) is 11.3 Å². The molecular formula is C17H21N3O3S. The van der Waals surface area contributed by atoms with Crippen molar-refractivity contribution in [2.45, 2.75) is 25.4 Å². The molecule has 1 atom stereocenters. The minimum Gasteiger partial charge on any atom is -0.467 e. The molecule has 1 saturated heterocycles.